The van der Waals surface area contributed by atoms with Crippen LogP contribution in [0.1, 0.15) is 5.56 Å². The van der Waals surface area contributed by atoms with Gasteiger partial charge < -0.3 is 15.1 Å². The average Bonchev–Trinajstić information content (AvgIpc) is 3.27. The SMILES string of the molecule is CNC(=O)CSc1nnc(N2CCN(C(=O)Cc3cccc4ccccc34)CC2)s1. The van der Waals surface area contributed by atoms with Gasteiger partial charge in [0.25, 0.3) is 0 Å². The standard InChI is InChI=1S/C21H23N5O2S2/c1-22-18(27)14-29-21-24-23-20(30-21)26-11-9-25(10-12-26)19(28)13-16-7-4-6-15-5-2-3-8-17(15)16/h2-8H,9-14H2,1H3,(H,22,27). The molecule has 2 amide bonds. The lowest BCUT2D eigenvalue weighted by Crippen LogP contribution is -2.49. The number of benzene rings is 2. The van der Waals surface area contributed by atoms with E-state index < -0.39 is 0 Å². The van der Waals surface area contributed by atoms with Crippen LogP contribution in [-0.2, 0) is 16.0 Å². The number of hydrogen-bond acceptors (Lipinski definition) is 7. The molecule has 1 fully saturated rings. The normalized spacial score (nSPS) is 14.2. The number of amides is 2. The summed E-state index contributed by atoms with van der Waals surface area (Å²) in [4.78, 5) is 28.3. The number of carbonyl (C=O) groups excluding carboxylic acids is 2. The van der Waals surface area contributed by atoms with Gasteiger partial charge in [-0.1, -0.05) is 65.6 Å². The third-order valence-corrected chi connectivity index (χ3v) is 7.24. The van der Waals surface area contributed by atoms with E-state index in [2.05, 4.69) is 38.6 Å². The van der Waals surface area contributed by atoms with Crippen LogP contribution in [0.25, 0.3) is 10.8 Å². The van der Waals surface area contributed by atoms with Crippen molar-refractivity contribution in [1.82, 2.24) is 20.4 Å². The predicted octanol–water partition coefficient (Wildman–Crippen LogP) is 2.42. The Hall–Kier alpha value is -2.65. The second kappa shape index (κ2) is 9.44. The van der Waals surface area contributed by atoms with Crippen LogP contribution in [0.15, 0.2) is 46.8 Å². The Morgan fingerprint density at radius 1 is 1.07 bits per heavy atom. The van der Waals surface area contributed by atoms with Crippen molar-refractivity contribution in [3.8, 4) is 0 Å². The maximum absolute atomic E-state index is 12.9. The Kier molecular flexibility index (Phi) is 6.49. The molecule has 1 aliphatic rings. The van der Waals surface area contributed by atoms with Crippen molar-refractivity contribution in [2.24, 2.45) is 0 Å². The first-order valence-electron chi connectivity index (χ1n) is 9.80. The second-order valence-electron chi connectivity index (χ2n) is 7.00. The van der Waals surface area contributed by atoms with E-state index in [9.17, 15) is 9.59 Å². The molecule has 0 spiro atoms. The monoisotopic (exact) mass is 441 g/mol. The summed E-state index contributed by atoms with van der Waals surface area (Å²) in [5.74, 6) is 0.460. The Morgan fingerprint density at radius 2 is 1.83 bits per heavy atom. The molecule has 156 valence electrons. The molecular weight excluding hydrogens is 418 g/mol. The Bertz CT molecular complexity index is 1040. The summed E-state index contributed by atoms with van der Waals surface area (Å²) in [5, 5.41) is 14.2. The van der Waals surface area contributed by atoms with E-state index in [-0.39, 0.29) is 11.8 Å². The topological polar surface area (TPSA) is 78.4 Å². The summed E-state index contributed by atoms with van der Waals surface area (Å²) in [6, 6.07) is 14.3. The number of rotatable bonds is 6. The van der Waals surface area contributed by atoms with Crippen molar-refractivity contribution in [1.29, 1.82) is 0 Å². The zero-order valence-electron chi connectivity index (χ0n) is 16.7. The number of aromatic nitrogens is 2. The van der Waals surface area contributed by atoms with E-state index in [1.807, 2.05) is 29.2 Å². The van der Waals surface area contributed by atoms with Crippen LogP contribution in [0.2, 0.25) is 0 Å². The van der Waals surface area contributed by atoms with E-state index >= 15 is 0 Å². The lowest BCUT2D eigenvalue weighted by atomic mass is 10.0. The first-order valence-corrected chi connectivity index (χ1v) is 11.6. The van der Waals surface area contributed by atoms with Crippen molar-refractivity contribution in [3.63, 3.8) is 0 Å². The molecule has 1 aromatic heterocycles. The summed E-state index contributed by atoms with van der Waals surface area (Å²) in [5.41, 5.74) is 1.07. The van der Waals surface area contributed by atoms with Crippen LogP contribution in [-0.4, -0.2) is 65.9 Å². The van der Waals surface area contributed by atoms with E-state index in [0.717, 1.165) is 38.9 Å². The molecule has 0 saturated carbocycles. The largest absolute Gasteiger partial charge is 0.358 e. The van der Waals surface area contributed by atoms with Crippen molar-refractivity contribution in [3.05, 3.63) is 48.0 Å². The highest BCUT2D eigenvalue weighted by Crippen LogP contribution is 2.28. The molecule has 1 saturated heterocycles. The predicted molar refractivity (Wildman–Crippen MR) is 121 cm³/mol. The molecule has 1 N–H and O–H groups in total. The zero-order valence-corrected chi connectivity index (χ0v) is 18.3. The zero-order chi connectivity index (χ0) is 20.9. The van der Waals surface area contributed by atoms with Crippen LogP contribution >= 0.6 is 23.1 Å². The fourth-order valence-corrected chi connectivity index (χ4v) is 5.22. The molecule has 0 aliphatic carbocycles. The highest BCUT2D eigenvalue weighted by molar-refractivity contribution is 8.01. The fourth-order valence-electron chi connectivity index (χ4n) is 3.46. The molecule has 4 rings (SSSR count). The Morgan fingerprint density at radius 3 is 2.63 bits per heavy atom. The minimum absolute atomic E-state index is 0.0323. The van der Waals surface area contributed by atoms with Gasteiger partial charge in [0.1, 0.15) is 0 Å². The molecule has 0 unspecified atom stereocenters. The lowest BCUT2D eigenvalue weighted by Gasteiger charge is -2.34. The Balaban J connectivity index is 1.32. The van der Waals surface area contributed by atoms with Gasteiger partial charge in [-0.2, -0.15) is 0 Å². The number of hydrogen-bond donors (Lipinski definition) is 1. The van der Waals surface area contributed by atoms with Gasteiger partial charge in [0, 0.05) is 33.2 Å². The van der Waals surface area contributed by atoms with Gasteiger partial charge in [0.2, 0.25) is 16.9 Å². The molecule has 0 bridgehead atoms. The first kappa shape index (κ1) is 20.6. The minimum Gasteiger partial charge on any atom is -0.358 e. The van der Waals surface area contributed by atoms with Gasteiger partial charge in [0.05, 0.1) is 12.2 Å². The minimum atomic E-state index is -0.0323. The van der Waals surface area contributed by atoms with Gasteiger partial charge in [-0.3, -0.25) is 9.59 Å². The molecular formula is C21H23N5O2S2. The van der Waals surface area contributed by atoms with Crippen LogP contribution in [0.4, 0.5) is 5.13 Å². The summed E-state index contributed by atoms with van der Waals surface area (Å²) in [7, 11) is 1.62. The third-order valence-electron chi connectivity index (χ3n) is 5.13. The van der Waals surface area contributed by atoms with Crippen LogP contribution in [0.5, 0.6) is 0 Å². The fraction of sp³-hybridized carbons (Fsp3) is 0.333. The first-order chi connectivity index (χ1) is 14.6. The molecule has 1 aliphatic heterocycles. The van der Waals surface area contributed by atoms with E-state index in [1.54, 1.807) is 7.05 Å². The molecule has 9 heteroatoms. The highest BCUT2D eigenvalue weighted by Gasteiger charge is 2.24. The average molecular weight is 442 g/mol. The molecule has 2 aromatic carbocycles. The van der Waals surface area contributed by atoms with Gasteiger partial charge in [-0.15, -0.1) is 10.2 Å². The smallest absolute Gasteiger partial charge is 0.230 e. The number of anilines is 1. The van der Waals surface area contributed by atoms with Crippen LogP contribution < -0.4 is 10.2 Å². The summed E-state index contributed by atoms with van der Waals surface area (Å²) >= 11 is 2.88. The van der Waals surface area contributed by atoms with Crippen molar-refractivity contribution < 1.29 is 9.59 Å². The van der Waals surface area contributed by atoms with Gasteiger partial charge in [-0.05, 0) is 16.3 Å². The van der Waals surface area contributed by atoms with Crippen LogP contribution in [0.3, 0.4) is 0 Å². The quantitative estimate of drug-likeness (QED) is 0.592. The number of nitrogens with zero attached hydrogens (tertiary/aromatic N) is 4. The van der Waals surface area contributed by atoms with E-state index in [1.165, 1.54) is 23.1 Å². The van der Waals surface area contributed by atoms with Crippen molar-refractivity contribution >= 4 is 50.8 Å². The number of carbonyl (C=O) groups is 2. The lowest BCUT2D eigenvalue weighted by molar-refractivity contribution is -0.130. The molecule has 2 heterocycles. The van der Waals surface area contributed by atoms with Gasteiger partial charge in [-0.25, -0.2) is 0 Å². The number of fused-ring (bicyclic) bond motifs is 1. The second-order valence-corrected chi connectivity index (χ2v) is 9.17. The van der Waals surface area contributed by atoms with Crippen molar-refractivity contribution in [2.75, 3.05) is 43.9 Å². The maximum atomic E-state index is 12.9. The molecule has 0 radical (unpaired) electrons. The van der Waals surface area contributed by atoms with Gasteiger partial charge >= 0.3 is 0 Å². The highest BCUT2D eigenvalue weighted by atomic mass is 32.2. The number of nitrogens with one attached hydrogen (secondary N) is 1. The molecule has 30 heavy (non-hydrogen) atoms. The maximum Gasteiger partial charge on any atom is 0.230 e. The molecule has 7 nitrogen and oxygen atoms in total. The van der Waals surface area contributed by atoms with Crippen LogP contribution in [0, 0.1) is 0 Å². The number of thioether (sulfide) groups is 1. The summed E-state index contributed by atoms with van der Waals surface area (Å²) < 4.78 is 0.781. The summed E-state index contributed by atoms with van der Waals surface area (Å²) in [6.45, 7) is 2.81. The molecule has 0 atom stereocenters. The van der Waals surface area contributed by atoms with E-state index in [4.69, 9.17) is 0 Å². The van der Waals surface area contributed by atoms with Gasteiger partial charge in [0.15, 0.2) is 4.34 Å². The number of piperazine rings is 1. The van der Waals surface area contributed by atoms with E-state index in [0.29, 0.717) is 25.3 Å². The van der Waals surface area contributed by atoms with Crippen molar-refractivity contribution in [2.45, 2.75) is 10.8 Å². The Labute approximate surface area is 183 Å². The third kappa shape index (κ3) is 4.73. The summed E-state index contributed by atoms with van der Waals surface area (Å²) in [6.07, 6.45) is 0.417. The molecule has 3 aromatic rings.